The molecule has 0 N–H and O–H groups in total. The number of carbonyl (C=O) groups excluding carboxylic acids is 2. The van der Waals surface area contributed by atoms with Crippen LogP contribution in [0.15, 0.2) is 54.6 Å². The molecule has 0 radical (unpaired) electrons. The van der Waals surface area contributed by atoms with Gasteiger partial charge in [0, 0.05) is 43.9 Å². The molecular weight excluding hydrogens is 378 g/mol. The van der Waals surface area contributed by atoms with Gasteiger partial charge in [0.1, 0.15) is 0 Å². The van der Waals surface area contributed by atoms with Crippen LogP contribution in [0, 0.1) is 0 Å². The van der Waals surface area contributed by atoms with Crippen molar-refractivity contribution in [3.05, 3.63) is 60.2 Å². The summed E-state index contributed by atoms with van der Waals surface area (Å²) in [5, 5.41) is 0. The molecule has 0 saturated carbocycles. The topological polar surface area (TPSA) is 78.0 Å². The molecular formula is C20H21N3O4S. The number of nitrogens with zero attached hydrogens (tertiary/aromatic N) is 3. The van der Waals surface area contributed by atoms with Gasteiger partial charge in [0.15, 0.2) is 0 Å². The summed E-state index contributed by atoms with van der Waals surface area (Å²) < 4.78 is 24.9. The molecule has 0 unspecified atom stereocenters. The first-order valence-electron chi connectivity index (χ1n) is 9.21. The van der Waals surface area contributed by atoms with E-state index in [9.17, 15) is 18.0 Å². The van der Waals surface area contributed by atoms with E-state index < -0.39 is 15.9 Å². The van der Waals surface area contributed by atoms with E-state index in [0.29, 0.717) is 18.7 Å². The van der Waals surface area contributed by atoms with Gasteiger partial charge < -0.3 is 9.80 Å². The van der Waals surface area contributed by atoms with Crippen LogP contribution in [0.25, 0.3) is 0 Å². The lowest BCUT2D eigenvalue weighted by Crippen LogP contribution is -2.48. The number of carbonyl (C=O) groups is 2. The molecule has 28 heavy (non-hydrogen) atoms. The fourth-order valence-electron chi connectivity index (χ4n) is 3.60. The second kappa shape index (κ2) is 7.27. The highest BCUT2D eigenvalue weighted by Gasteiger charge is 2.36. The minimum absolute atomic E-state index is 0.00525. The molecule has 2 aromatic carbocycles. The first-order chi connectivity index (χ1) is 13.5. The van der Waals surface area contributed by atoms with Crippen LogP contribution in [0.1, 0.15) is 16.8 Å². The minimum atomic E-state index is -3.59. The van der Waals surface area contributed by atoms with E-state index >= 15 is 0 Å². The molecule has 146 valence electrons. The summed E-state index contributed by atoms with van der Waals surface area (Å²) in [5.41, 5.74) is 1.92. The maximum absolute atomic E-state index is 12.8. The van der Waals surface area contributed by atoms with Crippen molar-refractivity contribution in [1.29, 1.82) is 0 Å². The van der Waals surface area contributed by atoms with Crippen LogP contribution in [-0.2, 0) is 14.8 Å². The molecule has 2 fully saturated rings. The van der Waals surface area contributed by atoms with Gasteiger partial charge in [0.2, 0.25) is 15.9 Å². The van der Waals surface area contributed by atoms with Gasteiger partial charge >= 0.3 is 0 Å². The van der Waals surface area contributed by atoms with Crippen molar-refractivity contribution in [3.8, 4) is 0 Å². The van der Waals surface area contributed by atoms with E-state index in [0.717, 1.165) is 23.1 Å². The van der Waals surface area contributed by atoms with Gasteiger partial charge in [-0.3, -0.25) is 9.59 Å². The van der Waals surface area contributed by atoms with Crippen LogP contribution in [0.2, 0.25) is 0 Å². The van der Waals surface area contributed by atoms with Crippen molar-refractivity contribution in [2.45, 2.75) is 6.42 Å². The lowest BCUT2D eigenvalue weighted by atomic mass is 10.1. The average molecular weight is 399 g/mol. The Kier molecular flexibility index (Phi) is 4.80. The van der Waals surface area contributed by atoms with Crippen LogP contribution in [0.4, 0.5) is 11.4 Å². The SMILES string of the molecule is O=C(c1ccc(N2C(=O)CCS2(=O)=O)cc1)N1CCN(c2ccccc2)CC1. The van der Waals surface area contributed by atoms with Gasteiger partial charge in [-0.2, -0.15) is 0 Å². The van der Waals surface area contributed by atoms with Gasteiger partial charge in [-0.25, -0.2) is 12.7 Å². The summed E-state index contributed by atoms with van der Waals surface area (Å²) in [6.45, 7) is 2.76. The molecule has 0 bridgehead atoms. The van der Waals surface area contributed by atoms with E-state index in [1.807, 2.05) is 18.2 Å². The number of para-hydroxylation sites is 1. The number of hydrogen-bond donors (Lipinski definition) is 0. The second-order valence-electron chi connectivity index (χ2n) is 6.89. The van der Waals surface area contributed by atoms with Crippen molar-refractivity contribution in [2.75, 3.05) is 41.1 Å². The van der Waals surface area contributed by atoms with Crippen LogP contribution < -0.4 is 9.21 Å². The van der Waals surface area contributed by atoms with E-state index in [1.54, 1.807) is 17.0 Å². The average Bonchev–Trinajstić information content (AvgIpc) is 3.01. The fraction of sp³-hybridized carbons (Fsp3) is 0.300. The van der Waals surface area contributed by atoms with Gasteiger partial charge in [-0.15, -0.1) is 0 Å². The molecule has 0 spiro atoms. The zero-order valence-corrected chi connectivity index (χ0v) is 16.1. The Hall–Kier alpha value is -2.87. The fourth-order valence-corrected chi connectivity index (χ4v) is 5.06. The Balaban J connectivity index is 1.43. The van der Waals surface area contributed by atoms with Crippen molar-refractivity contribution in [1.82, 2.24) is 4.90 Å². The Morgan fingerprint density at radius 3 is 2.04 bits per heavy atom. The van der Waals surface area contributed by atoms with Crippen molar-refractivity contribution in [2.24, 2.45) is 0 Å². The van der Waals surface area contributed by atoms with Crippen LogP contribution in [0.5, 0.6) is 0 Å². The highest BCUT2D eigenvalue weighted by atomic mass is 32.2. The number of hydrogen-bond acceptors (Lipinski definition) is 5. The predicted octanol–water partition coefficient (Wildman–Crippen LogP) is 1.72. The molecule has 0 atom stereocenters. The maximum Gasteiger partial charge on any atom is 0.253 e. The van der Waals surface area contributed by atoms with Gasteiger partial charge in [0.05, 0.1) is 11.4 Å². The first-order valence-corrected chi connectivity index (χ1v) is 10.8. The van der Waals surface area contributed by atoms with E-state index in [4.69, 9.17) is 0 Å². The standard InChI is InChI=1S/C20H21N3O4S/c24-19-10-15-28(26,27)23(19)18-8-6-16(7-9-18)20(25)22-13-11-21(12-14-22)17-4-2-1-3-5-17/h1-9H,10-15H2. The number of anilines is 2. The molecule has 2 heterocycles. The monoisotopic (exact) mass is 399 g/mol. The third-order valence-electron chi connectivity index (χ3n) is 5.12. The van der Waals surface area contributed by atoms with Crippen LogP contribution in [-0.4, -0.2) is 57.1 Å². The van der Waals surface area contributed by atoms with Gasteiger partial charge in [-0.05, 0) is 36.4 Å². The molecule has 7 nitrogen and oxygen atoms in total. The molecule has 2 saturated heterocycles. The first kappa shape index (κ1) is 18.5. The van der Waals surface area contributed by atoms with Crippen molar-refractivity contribution >= 4 is 33.2 Å². The predicted molar refractivity (Wildman–Crippen MR) is 107 cm³/mol. The summed E-state index contributed by atoms with van der Waals surface area (Å²) in [6, 6.07) is 16.3. The number of piperazine rings is 1. The summed E-state index contributed by atoms with van der Waals surface area (Å²) in [4.78, 5) is 28.7. The number of sulfonamides is 1. The largest absolute Gasteiger partial charge is 0.368 e. The quantitative estimate of drug-likeness (QED) is 0.785. The molecule has 0 aromatic heterocycles. The zero-order valence-electron chi connectivity index (χ0n) is 15.3. The Morgan fingerprint density at radius 1 is 0.821 bits per heavy atom. The third kappa shape index (κ3) is 3.47. The molecule has 2 amide bonds. The number of rotatable bonds is 3. The molecule has 2 aliphatic rings. The van der Waals surface area contributed by atoms with E-state index in [2.05, 4.69) is 17.0 Å². The third-order valence-corrected chi connectivity index (χ3v) is 6.81. The Bertz CT molecular complexity index is 982. The molecule has 0 aliphatic carbocycles. The number of amides is 2. The lowest BCUT2D eigenvalue weighted by molar-refractivity contribution is -0.116. The lowest BCUT2D eigenvalue weighted by Gasteiger charge is -2.36. The molecule has 2 aromatic rings. The smallest absolute Gasteiger partial charge is 0.253 e. The highest BCUT2D eigenvalue weighted by molar-refractivity contribution is 7.94. The van der Waals surface area contributed by atoms with Crippen molar-refractivity contribution in [3.63, 3.8) is 0 Å². The number of benzene rings is 2. The Morgan fingerprint density at radius 2 is 1.46 bits per heavy atom. The van der Waals surface area contributed by atoms with Gasteiger partial charge in [-0.1, -0.05) is 18.2 Å². The summed E-state index contributed by atoms with van der Waals surface area (Å²) in [6.07, 6.45) is -0.00525. The second-order valence-corrected chi connectivity index (χ2v) is 8.82. The summed E-state index contributed by atoms with van der Waals surface area (Å²) in [5.74, 6) is -0.691. The summed E-state index contributed by atoms with van der Waals surface area (Å²) in [7, 11) is -3.59. The normalized spacial score (nSPS) is 19.1. The van der Waals surface area contributed by atoms with Crippen LogP contribution in [0.3, 0.4) is 0 Å². The van der Waals surface area contributed by atoms with Crippen molar-refractivity contribution < 1.29 is 18.0 Å². The zero-order chi connectivity index (χ0) is 19.7. The van der Waals surface area contributed by atoms with E-state index in [-0.39, 0.29) is 23.8 Å². The molecule has 8 heteroatoms. The van der Waals surface area contributed by atoms with Gasteiger partial charge in [0.25, 0.3) is 5.91 Å². The van der Waals surface area contributed by atoms with E-state index in [1.165, 1.54) is 12.1 Å². The summed E-state index contributed by atoms with van der Waals surface area (Å²) >= 11 is 0. The Labute approximate surface area is 164 Å². The molecule has 4 rings (SSSR count). The maximum atomic E-state index is 12.8. The highest BCUT2D eigenvalue weighted by Crippen LogP contribution is 2.26. The molecule has 2 aliphatic heterocycles. The minimum Gasteiger partial charge on any atom is -0.368 e. The van der Waals surface area contributed by atoms with Crippen LogP contribution >= 0.6 is 0 Å².